The molecule has 15 heteroatoms. The summed E-state index contributed by atoms with van der Waals surface area (Å²) in [5.74, 6) is 0.449. The van der Waals surface area contributed by atoms with Crippen LogP contribution >= 0.6 is 0 Å². The highest BCUT2D eigenvalue weighted by Gasteiger charge is 2.20. The first-order valence-corrected chi connectivity index (χ1v) is 14.6. The fraction of sp³-hybridized carbons (Fsp3) is 0.419. The minimum atomic E-state index is -0.627. The summed E-state index contributed by atoms with van der Waals surface area (Å²) >= 11 is 0. The molecule has 2 saturated heterocycles. The van der Waals surface area contributed by atoms with Crippen molar-refractivity contribution in [2.45, 2.75) is 0 Å². The van der Waals surface area contributed by atoms with Crippen molar-refractivity contribution in [3.63, 3.8) is 0 Å². The van der Waals surface area contributed by atoms with E-state index >= 15 is 0 Å². The largest absolute Gasteiger partial charge is 0.495 e. The van der Waals surface area contributed by atoms with Crippen LogP contribution in [0.1, 0.15) is 0 Å². The second-order valence-corrected chi connectivity index (χ2v) is 10.7. The van der Waals surface area contributed by atoms with Crippen molar-refractivity contribution in [1.82, 2.24) is 9.80 Å². The summed E-state index contributed by atoms with van der Waals surface area (Å²) in [6.07, 6.45) is 0. The first kappa shape index (κ1) is 35.6. The van der Waals surface area contributed by atoms with E-state index in [2.05, 4.69) is 44.5 Å². The fourth-order valence-electron chi connectivity index (χ4n) is 4.84. The highest BCUT2D eigenvalue weighted by molar-refractivity contribution is 5.62. The van der Waals surface area contributed by atoms with Crippen LogP contribution in [-0.2, 0) is 0 Å². The molecule has 0 aliphatic carbocycles. The van der Waals surface area contributed by atoms with Gasteiger partial charge in [0.15, 0.2) is 11.5 Å². The number of ether oxygens (including phenoxy) is 3. The molecule has 0 radical (unpaired) electrons. The number of anilines is 3. The summed E-state index contributed by atoms with van der Waals surface area (Å²) < 4.78 is 27.4. The molecule has 0 amide bonds. The van der Waals surface area contributed by atoms with Crippen LogP contribution in [0.2, 0.25) is 0 Å². The lowest BCUT2D eigenvalue weighted by Crippen LogP contribution is -2.44. The van der Waals surface area contributed by atoms with Crippen LogP contribution in [0.4, 0.5) is 32.8 Å². The number of likely N-dealkylation sites (N-methyl/N-ethyl adjacent to an activating group) is 2. The van der Waals surface area contributed by atoms with Crippen molar-refractivity contribution >= 4 is 28.4 Å². The third-order valence-electron chi connectivity index (χ3n) is 7.65. The van der Waals surface area contributed by atoms with Crippen molar-refractivity contribution in [3.8, 4) is 17.2 Å². The van der Waals surface area contributed by atoms with E-state index in [1.807, 2.05) is 12.1 Å². The van der Waals surface area contributed by atoms with E-state index in [4.69, 9.17) is 15.2 Å². The number of nitrogen functional groups attached to an aromatic ring is 1. The van der Waals surface area contributed by atoms with Crippen molar-refractivity contribution in [3.05, 3.63) is 80.6 Å². The molecule has 3 aromatic carbocycles. The average Bonchev–Trinajstić information content (AvgIpc) is 3.05. The van der Waals surface area contributed by atoms with Crippen LogP contribution in [0.5, 0.6) is 17.2 Å². The zero-order valence-electron chi connectivity index (χ0n) is 26.8. The first-order chi connectivity index (χ1) is 22.0. The van der Waals surface area contributed by atoms with Crippen molar-refractivity contribution in [2.75, 3.05) is 103 Å². The van der Waals surface area contributed by atoms with E-state index in [1.54, 1.807) is 19.2 Å². The molecule has 0 saturated carbocycles. The Kier molecular flexibility index (Phi) is 13.1. The highest BCUT2D eigenvalue weighted by atomic mass is 19.1. The molecule has 0 spiro atoms. The summed E-state index contributed by atoms with van der Waals surface area (Å²) in [5.41, 5.74) is 8.44. The van der Waals surface area contributed by atoms with E-state index in [0.29, 0.717) is 11.4 Å². The van der Waals surface area contributed by atoms with Gasteiger partial charge in [-0.1, -0.05) is 0 Å². The van der Waals surface area contributed by atoms with Gasteiger partial charge in [0.1, 0.15) is 11.6 Å². The standard InChI is InChI=1S/C12H17N3O3.C12H19N3O.C7H6FNO3/c1-13-5-7-14(8-6-13)10-3-4-11(15(16)17)12(9-10)18-2;1-14-5-7-15(8-6-14)10-3-4-11(13)12(9-10)16-2;1-12-7-4-5(8)2-3-6(7)9(10)11/h3-4,9H,5-8H2,1-2H3;3-4,9H,5-8,13H2,1-2H3;2-4H,1H3. The van der Waals surface area contributed by atoms with Crippen LogP contribution in [-0.4, -0.2) is 107 Å². The number of halogens is 1. The third kappa shape index (κ3) is 9.81. The lowest BCUT2D eigenvalue weighted by atomic mass is 10.2. The Hall–Kier alpha value is -4.89. The normalized spacial score (nSPS) is 15.1. The fourth-order valence-corrected chi connectivity index (χ4v) is 4.84. The number of nitrogens with zero attached hydrogens (tertiary/aromatic N) is 6. The van der Waals surface area contributed by atoms with Gasteiger partial charge in [-0.2, -0.15) is 0 Å². The number of rotatable bonds is 7. The number of benzene rings is 3. The molecule has 2 aliphatic heterocycles. The lowest BCUT2D eigenvalue weighted by Gasteiger charge is -2.34. The van der Waals surface area contributed by atoms with Gasteiger partial charge >= 0.3 is 11.4 Å². The second kappa shape index (κ2) is 17.0. The highest BCUT2D eigenvalue weighted by Crippen LogP contribution is 2.32. The minimum absolute atomic E-state index is 0.00961. The molecule has 250 valence electrons. The van der Waals surface area contributed by atoms with Gasteiger partial charge < -0.3 is 39.5 Å². The summed E-state index contributed by atoms with van der Waals surface area (Å²) in [7, 11) is 8.60. The quantitative estimate of drug-likeness (QED) is 0.224. The van der Waals surface area contributed by atoms with Gasteiger partial charge in [-0.15, -0.1) is 0 Å². The lowest BCUT2D eigenvalue weighted by molar-refractivity contribution is -0.385. The van der Waals surface area contributed by atoms with E-state index < -0.39 is 15.7 Å². The molecule has 3 aromatic rings. The topological polar surface area (TPSA) is 153 Å². The maximum Gasteiger partial charge on any atom is 0.311 e. The Labute approximate surface area is 267 Å². The van der Waals surface area contributed by atoms with E-state index in [9.17, 15) is 24.6 Å². The van der Waals surface area contributed by atoms with Crippen LogP contribution < -0.4 is 29.7 Å². The average molecular weight is 644 g/mol. The van der Waals surface area contributed by atoms with Crippen LogP contribution in [0, 0.1) is 26.0 Å². The summed E-state index contributed by atoms with van der Waals surface area (Å²) in [4.78, 5) is 29.2. The molecule has 0 aromatic heterocycles. The van der Waals surface area contributed by atoms with E-state index in [1.165, 1.54) is 26.0 Å². The van der Waals surface area contributed by atoms with Crippen LogP contribution in [0.3, 0.4) is 0 Å². The predicted molar refractivity (Wildman–Crippen MR) is 176 cm³/mol. The monoisotopic (exact) mass is 643 g/mol. The Balaban J connectivity index is 0.000000192. The van der Waals surface area contributed by atoms with Gasteiger partial charge in [0.2, 0.25) is 0 Å². The van der Waals surface area contributed by atoms with Crippen molar-refractivity contribution in [1.29, 1.82) is 0 Å². The molecule has 46 heavy (non-hydrogen) atoms. The van der Waals surface area contributed by atoms with Gasteiger partial charge in [0.25, 0.3) is 0 Å². The number of nitro groups is 2. The number of hydrogen-bond acceptors (Lipinski definition) is 12. The second-order valence-electron chi connectivity index (χ2n) is 10.7. The van der Waals surface area contributed by atoms with Crippen LogP contribution in [0.25, 0.3) is 0 Å². The smallest absolute Gasteiger partial charge is 0.311 e. The Morgan fingerprint density at radius 3 is 1.46 bits per heavy atom. The molecule has 2 heterocycles. The molecular weight excluding hydrogens is 601 g/mol. The molecule has 14 nitrogen and oxygen atoms in total. The molecular formula is C31H42FN7O7. The number of hydrogen-bond donors (Lipinski definition) is 1. The summed E-state index contributed by atoms with van der Waals surface area (Å²) in [6.45, 7) is 8.18. The minimum Gasteiger partial charge on any atom is -0.495 e. The van der Waals surface area contributed by atoms with Crippen molar-refractivity contribution < 1.29 is 28.4 Å². The van der Waals surface area contributed by atoms with Gasteiger partial charge in [-0.3, -0.25) is 20.2 Å². The zero-order valence-corrected chi connectivity index (χ0v) is 26.8. The molecule has 2 aliphatic rings. The van der Waals surface area contributed by atoms with E-state index in [-0.39, 0.29) is 17.1 Å². The molecule has 2 fully saturated rings. The maximum atomic E-state index is 12.5. The number of nitro benzene ring substituents is 2. The molecule has 5 rings (SSSR count). The number of nitrogens with two attached hydrogens (primary N) is 1. The molecule has 0 bridgehead atoms. The van der Waals surface area contributed by atoms with Gasteiger partial charge in [0.05, 0.1) is 36.9 Å². The summed E-state index contributed by atoms with van der Waals surface area (Å²) in [5, 5.41) is 21.1. The Bertz CT molecular complexity index is 1460. The molecule has 2 N–H and O–H groups in total. The Morgan fingerprint density at radius 2 is 1.02 bits per heavy atom. The van der Waals surface area contributed by atoms with Crippen LogP contribution in [0.15, 0.2) is 54.6 Å². The number of methoxy groups -OCH3 is 3. The maximum absolute atomic E-state index is 12.5. The third-order valence-corrected chi connectivity index (χ3v) is 7.65. The number of piperazine rings is 2. The SMILES string of the molecule is COc1cc(F)ccc1[N+](=O)[O-].COc1cc(N2CCN(C)CC2)ccc1N.COc1cc(N2CCN(C)CC2)ccc1[N+](=O)[O-]. The van der Waals surface area contributed by atoms with Gasteiger partial charge in [-0.25, -0.2) is 4.39 Å². The van der Waals surface area contributed by atoms with Gasteiger partial charge in [-0.05, 0) is 38.4 Å². The first-order valence-electron chi connectivity index (χ1n) is 14.6. The predicted octanol–water partition coefficient (Wildman–Crippen LogP) is 4.13. The van der Waals surface area contributed by atoms with Gasteiger partial charge in [0, 0.05) is 94.1 Å². The Morgan fingerprint density at radius 1 is 0.630 bits per heavy atom. The van der Waals surface area contributed by atoms with Crippen molar-refractivity contribution in [2.24, 2.45) is 0 Å². The zero-order chi connectivity index (χ0) is 33.8. The van der Waals surface area contributed by atoms with E-state index in [0.717, 1.165) is 82.0 Å². The molecule has 0 unspecified atom stereocenters. The molecule has 0 atom stereocenters. The summed E-state index contributed by atoms with van der Waals surface area (Å²) in [6, 6.07) is 14.1.